The molecule has 100 valence electrons. The van der Waals surface area contributed by atoms with Crippen molar-refractivity contribution in [3.8, 4) is 0 Å². The molecule has 3 N–H and O–H groups in total. The van der Waals surface area contributed by atoms with Gasteiger partial charge in [-0.15, -0.1) is 0 Å². The van der Waals surface area contributed by atoms with Crippen LogP contribution in [0.25, 0.3) is 10.9 Å². The zero-order valence-electron chi connectivity index (χ0n) is 10.3. The lowest BCUT2D eigenvalue weighted by Gasteiger charge is -2.12. The van der Waals surface area contributed by atoms with E-state index in [1.54, 1.807) is 6.07 Å². The second-order valence-electron chi connectivity index (χ2n) is 4.00. The number of aliphatic hydroxyl groups is 1. The zero-order chi connectivity index (χ0) is 13.8. The summed E-state index contributed by atoms with van der Waals surface area (Å²) >= 11 is 0. The summed E-state index contributed by atoms with van der Waals surface area (Å²) in [6, 6.07) is 8.04. The van der Waals surface area contributed by atoms with Crippen molar-refractivity contribution in [1.29, 1.82) is 0 Å². The van der Waals surface area contributed by atoms with Crippen LogP contribution < -0.4 is 5.32 Å². The van der Waals surface area contributed by atoms with E-state index in [9.17, 15) is 9.59 Å². The lowest BCUT2D eigenvalue weighted by Crippen LogP contribution is -2.44. The quantitative estimate of drug-likeness (QED) is 0.697. The van der Waals surface area contributed by atoms with Gasteiger partial charge in [0, 0.05) is 10.9 Å². The third-order valence-corrected chi connectivity index (χ3v) is 2.75. The van der Waals surface area contributed by atoms with Gasteiger partial charge in [0.2, 0.25) is 0 Å². The highest BCUT2D eigenvalue weighted by atomic mass is 16.5. The topological polar surface area (TPSA) is 91.4 Å². The molecule has 6 nitrogen and oxygen atoms in total. The van der Waals surface area contributed by atoms with Crippen molar-refractivity contribution in [2.75, 3.05) is 13.7 Å². The van der Waals surface area contributed by atoms with Crippen LogP contribution >= 0.6 is 0 Å². The molecule has 1 heterocycles. The van der Waals surface area contributed by atoms with Crippen LogP contribution in [0, 0.1) is 0 Å². The van der Waals surface area contributed by atoms with E-state index in [0.29, 0.717) is 5.69 Å². The van der Waals surface area contributed by atoms with Gasteiger partial charge in [-0.25, -0.2) is 4.79 Å². The van der Waals surface area contributed by atoms with Crippen molar-refractivity contribution in [2.45, 2.75) is 6.04 Å². The zero-order valence-corrected chi connectivity index (χ0v) is 10.3. The summed E-state index contributed by atoms with van der Waals surface area (Å²) in [6.45, 7) is -0.515. The molecule has 0 aliphatic carbocycles. The number of aromatic nitrogens is 1. The number of nitrogens with one attached hydrogen (secondary N) is 2. The van der Waals surface area contributed by atoms with Crippen LogP contribution in [0.3, 0.4) is 0 Å². The van der Waals surface area contributed by atoms with E-state index in [4.69, 9.17) is 5.11 Å². The number of amides is 1. The summed E-state index contributed by atoms with van der Waals surface area (Å²) in [6.07, 6.45) is 0. The highest BCUT2D eigenvalue weighted by Crippen LogP contribution is 2.14. The van der Waals surface area contributed by atoms with Crippen LogP contribution in [-0.2, 0) is 9.53 Å². The van der Waals surface area contributed by atoms with E-state index in [0.717, 1.165) is 10.9 Å². The predicted molar refractivity (Wildman–Crippen MR) is 68.7 cm³/mol. The van der Waals surface area contributed by atoms with Gasteiger partial charge in [0.15, 0.2) is 6.04 Å². The van der Waals surface area contributed by atoms with E-state index in [1.807, 2.05) is 24.3 Å². The predicted octanol–water partition coefficient (Wildman–Crippen LogP) is 0.432. The second kappa shape index (κ2) is 5.53. The highest BCUT2D eigenvalue weighted by Gasteiger charge is 2.21. The summed E-state index contributed by atoms with van der Waals surface area (Å²) in [5.74, 6) is -1.16. The van der Waals surface area contributed by atoms with Crippen molar-refractivity contribution >= 4 is 22.8 Å². The number of benzene rings is 1. The molecule has 0 saturated heterocycles. The summed E-state index contributed by atoms with van der Waals surface area (Å²) < 4.78 is 4.48. The molecular formula is C13H14N2O4. The Balaban J connectivity index is 2.17. The molecule has 1 amide bonds. The van der Waals surface area contributed by atoms with E-state index in [2.05, 4.69) is 15.0 Å². The van der Waals surface area contributed by atoms with Crippen molar-refractivity contribution < 1.29 is 19.4 Å². The molecule has 1 atom stereocenters. The summed E-state index contributed by atoms with van der Waals surface area (Å²) in [5.41, 5.74) is 1.15. The molecule has 2 rings (SSSR count). The van der Waals surface area contributed by atoms with Gasteiger partial charge in [0.05, 0.1) is 13.7 Å². The minimum atomic E-state index is -1.07. The summed E-state index contributed by atoms with van der Waals surface area (Å²) in [5, 5.41) is 12.3. The maximum Gasteiger partial charge on any atom is 0.330 e. The Labute approximate surface area is 109 Å². The number of methoxy groups -OCH3 is 1. The minimum Gasteiger partial charge on any atom is -0.467 e. The fraction of sp³-hybridized carbons (Fsp3) is 0.231. The van der Waals surface area contributed by atoms with Crippen LogP contribution in [0.4, 0.5) is 0 Å². The Morgan fingerprint density at radius 1 is 1.42 bits per heavy atom. The van der Waals surface area contributed by atoms with Gasteiger partial charge in [0.25, 0.3) is 5.91 Å². The third-order valence-electron chi connectivity index (χ3n) is 2.75. The number of fused-ring (bicyclic) bond motifs is 1. The van der Waals surface area contributed by atoms with Gasteiger partial charge in [-0.1, -0.05) is 18.2 Å². The monoisotopic (exact) mass is 262 g/mol. The molecule has 0 bridgehead atoms. The van der Waals surface area contributed by atoms with Crippen LogP contribution in [0.5, 0.6) is 0 Å². The van der Waals surface area contributed by atoms with Crippen LogP contribution in [0.1, 0.15) is 10.5 Å². The van der Waals surface area contributed by atoms with E-state index in [1.165, 1.54) is 7.11 Å². The maximum absolute atomic E-state index is 11.9. The minimum absolute atomic E-state index is 0.323. The van der Waals surface area contributed by atoms with Crippen molar-refractivity contribution in [3.63, 3.8) is 0 Å². The normalized spacial score (nSPS) is 12.1. The Hall–Kier alpha value is -2.34. The number of aliphatic hydroxyl groups excluding tert-OH is 1. The number of carbonyl (C=O) groups excluding carboxylic acids is 2. The van der Waals surface area contributed by atoms with Crippen LogP contribution in [-0.4, -0.2) is 41.7 Å². The second-order valence-corrected chi connectivity index (χ2v) is 4.00. The van der Waals surface area contributed by atoms with Crippen molar-refractivity contribution in [3.05, 3.63) is 36.0 Å². The molecule has 0 fully saturated rings. The van der Waals surface area contributed by atoms with E-state index >= 15 is 0 Å². The van der Waals surface area contributed by atoms with Gasteiger partial charge in [-0.3, -0.25) is 4.79 Å². The van der Waals surface area contributed by atoms with Gasteiger partial charge in [-0.05, 0) is 12.1 Å². The number of H-pyrrole nitrogens is 1. The number of aromatic amines is 1. The number of carbonyl (C=O) groups is 2. The molecule has 0 radical (unpaired) electrons. The Morgan fingerprint density at radius 2 is 2.16 bits per heavy atom. The fourth-order valence-corrected chi connectivity index (χ4v) is 1.75. The van der Waals surface area contributed by atoms with Gasteiger partial charge in [0.1, 0.15) is 5.69 Å². The number of ether oxygens (including phenoxy) is 1. The lowest BCUT2D eigenvalue weighted by molar-refractivity contribution is -0.143. The first-order chi connectivity index (χ1) is 9.15. The molecule has 0 aliphatic heterocycles. The molecule has 1 aromatic carbocycles. The Bertz CT molecular complexity index is 572. The first kappa shape index (κ1) is 13.1. The number of hydrogen-bond donors (Lipinski definition) is 3. The summed E-state index contributed by atoms with van der Waals surface area (Å²) in [4.78, 5) is 26.2. The molecule has 0 spiro atoms. The molecule has 19 heavy (non-hydrogen) atoms. The Kier molecular flexibility index (Phi) is 3.82. The fourth-order valence-electron chi connectivity index (χ4n) is 1.75. The highest BCUT2D eigenvalue weighted by molar-refractivity contribution is 5.99. The van der Waals surface area contributed by atoms with Gasteiger partial charge in [-0.2, -0.15) is 0 Å². The summed E-state index contributed by atoms with van der Waals surface area (Å²) in [7, 11) is 1.19. The third kappa shape index (κ3) is 2.74. The first-order valence-electron chi connectivity index (χ1n) is 5.73. The molecular weight excluding hydrogens is 248 g/mol. The average molecular weight is 262 g/mol. The van der Waals surface area contributed by atoms with Crippen molar-refractivity contribution in [1.82, 2.24) is 10.3 Å². The van der Waals surface area contributed by atoms with Crippen molar-refractivity contribution in [2.24, 2.45) is 0 Å². The molecule has 0 unspecified atom stereocenters. The van der Waals surface area contributed by atoms with Gasteiger partial charge < -0.3 is 20.1 Å². The maximum atomic E-state index is 11.9. The number of hydrogen-bond acceptors (Lipinski definition) is 4. The number of esters is 1. The van der Waals surface area contributed by atoms with Gasteiger partial charge >= 0.3 is 5.97 Å². The molecule has 2 aromatic rings. The van der Waals surface area contributed by atoms with E-state index < -0.39 is 24.5 Å². The van der Waals surface area contributed by atoms with E-state index in [-0.39, 0.29) is 0 Å². The average Bonchev–Trinajstić information content (AvgIpc) is 2.87. The molecule has 6 heteroatoms. The molecule has 1 aromatic heterocycles. The first-order valence-corrected chi connectivity index (χ1v) is 5.73. The Morgan fingerprint density at radius 3 is 2.79 bits per heavy atom. The largest absolute Gasteiger partial charge is 0.467 e. The number of rotatable bonds is 4. The van der Waals surface area contributed by atoms with Crippen LogP contribution in [0.15, 0.2) is 30.3 Å². The lowest BCUT2D eigenvalue weighted by atomic mass is 10.2. The number of para-hydroxylation sites is 1. The smallest absolute Gasteiger partial charge is 0.330 e. The van der Waals surface area contributed by atoms with Crippen LogP contribution in [0.2, 0.25) is 0 Å². The molecule has 0 aliphatic rings. The SMILES string of the molecule is COC(=O)[C@@H](CO)NC(=O)c1cc2ccccc2[nH]1. The standard InChI is InChI=1S/C13H14N2O4/c1-19-13(18)11(7-16)15-12(17)10-6-8-4-2-3-5-9(8)14-10/h2-6,11,14,16H,7H2,1H3,(H,15,17)/t11-/m1/s1. The molecule has 0 saturated carbocycles.